The van der Waals surface area contributed by atoms with Crippen molar-refractivity contribution in [3.63, 3.8) is 0 Å². The van der Waals surface area contributed by atoms with Crippen LogP contribution in [0.4, 0.5) is 11.4 Å². The first-order chi connectivity index (χ1) is 23.5. The molecule has 3 unspecified atom stereocenters. The molecule has 4 aromatic rings. The van der Waals surface area contributed by atoms with Gasteiger partial charge in [-0.3, -0.25) is 0 Å². The molecular formula is C44H58IN2O-. The molecule has 5 rings (SSSR count). The zero-order chi connectivity index (χ0) is 33.8. The number of aliphatic hydroxyl groups is 1. The van der Waals surface area contributed by atoms with E-state index in [2.05, 4.69) is 124 Å². The zero-order valence-electron chi connectivity index (χ0n) is 29.8. The molecule has 1 saturated heterocycles. The number of nitrogens with one attached hydrogen (secondary N) is 2. The normalized spacial score (nSPS) is 16.3. The van der Waals surface area contributed by atoms with Crippen molar-refractivity contribution in [1.29, 1.82) is 0 Å². The summed E-state index contributed by atoms with van der Waals surface area (Å²) in [6.45, 7) is 4.65. The molecule has 0 bridgehead atoms. The molecule has 0 saturated carbocycles. The van der Waals surface area contributed by atoms with E-state index in [0.29, 0.717) is 27.6 Å². The van der Waals surface area contributed by atoms with E-state index in [1.54, 1.807) is 11.1 Å². The van der Waals surface area contributed by atoms with Gasteiger partial charge in [-0.15, -0.1) is 0 Å². The summed E-state index contributed by atoms with van der Waals surface area (Å²) in [5.41, 5.74) is 11.4. The van der Waals surface area contributed by atoms with Gasteiger partial charge in [-0.1, -0.05) is 91.0 Å². The summed E-state index contributed by atoms with van der Waals surface area (Å²) in [5, 5.41) is 19.7. The summed E-state index contributed by atoms with van der Waals surface area (Å²) in [6.07, 6.45) is 14.4. The molecule has 1 heterocycles. The van der Waals surface area contributed by atoms with E-state index in [0.717, 1.165) is 22.3 Å². The van der Waals surface area contributed by atoms with Gasteiger partial charge in [-0.05, 0) is 23.1 Å². The number of rotatable bonds is 19. The Morgan fingerprint density at radius 2 is 1.25 bits per heavy atom. The van der Waals surface area contributed by atoms with Gasteiger partial charge in [0.2, 0.25) is 0 Å². The Balaban J connectivity index is 1.13. The van der Waals surface area contributed by atoms with Crippen LogP contribution >= 0.6 is 0 Å². The maximum absolute atomic E-state index is 12.6. The first-order valence-corrected chi connectivity index (χ1v) is 21.2. The van der Waals surface area contributed by atoms with Gasteiger partial charge in [0.25, 0.3) is 0 Å². The van der Waals surface area contributed by atoms with Crippen LogP contribution < -0.4 is 31.8 Å². The molecule has 1 fully saturated rings. The standard InChI is InChI=1S/C44H58IN2O/c1-33-34(2)42(46-3)43(47-4)41(40-30-31-45-40)38(33)28-20-9-7-5-6-8-10-21-29-39(36-24-16-12-17-25-36)44(48,37-26-18-13-19-27-37)32-35-22-14-11-15-23-35/h11-19,22-27,39-40,46-48H,5-10,20-21,28-32H2,1-4H3/q-1. The van der Waals surface area contributed by atoms with E-state index >= 15 is 0 Å². The van der Waals surface area contributed by atoms with Gasteiger partial charge in [-0.25, -0.2) is 0 Å². The van der Waals surface area contributed by atoms with Crippen molar-refractivity contribution in [3.8, 4) is 0 Å². The first kappa shape index (κ1) is 36.5. The molecule has 0 aromatic heterocycles. The van der Waals surface area contributed by atoms with Crippen LogP contribution in [-0.4, -0.2) is 23.6 Å². The minimum absolute atomic E-state index is 0.0333. The van der Waals surface area contributed by atoms with Gasteiger partial charge in [0.15, 0.2) is 0 Å². The second-order valence-electron chi connectivity index (χ2n) is 13.8. The van der Waals surface area contributed by atoms with E-state index in [-0.39, 0.29) is 5.92 Å². The number of hydrogen-bond acceptors (Lipinski definition) is 3. The van der Waals surface area contributed by atoms with E-state index in [1.807, 2.05) is 6.07 Å². The van der Waals surface area contributed by atoms with Crippen molar-refractivity contribution >= 4 is 11.4 Å². The monoisotopic (exact) mass is 757 g/mol. The fourth-order valence-electron chi connectivity index (χ4n) is 7.91. The van der Waals surface area contributed by atoms with E-state index in [1.165, 1.54) is 95.8 Å². The summed E-state index contributed by atoms with van der Waals surface area (Å²) in [4.78, 5) is 0. The van der Waals surface area contributed by atoms with Crippen molar-refractivity contribution < 1.29 is 26.3 Å². The van der Waals surface area contributed by atoms with E-state index in [9.17, 15) is 5.11 Å². The molecule has 0 amide bonds. The molecule has 0 radical (unpaired) electrons. The van der Waals surface area contributed by atoms with Crippen LogP contribution in [0.1, 0.15) is 113 Å². The molecule has 48 heavy (non-hydrogen) atoms. The van der Waals surface area contributed by atoms with Crippen molar-refractivity contribution in [2.75, 3.05) is 29.2 Å². The molecule has 3 atom stereocenters. The summed E-state index contributed by atoms with van der Waals surface area (Å²) in [7, 11) is 4.17. The van der Waals surface area contributed by atoms with E-state index in [4.69, 9.17) is 0 Å². The maximum atomic E-state index is 12.6. The Hall–Kier alpha value is -2.83. The molecule has 1 aliphatic heterocycles. The molecule has 0 spiro atoms. The average Bonchev–Trinajstić information content (AvgIpc) is 3.10. The third-order valence-corrected chi connectivity index (χ3v) is 14.3. The number of alkyl halides is 2. The number of hydrogen-bond donors (Lipinski definition) is 3. The molecule has 1 aliphatic rings. The Labute approximate surface area is 301 Å². The molecular weight excluding hydrogens is 699 g/mol. The first-order valence-electron chi connectivity index (χ1n) is 18.4. The van der Waals surface area contributed by atoms with E-state index < -0.39 is 5.60 Å². The van der Waals surface area contributed by atoms with Crippen LogP contribution in [-0.2, 0) is 18.4 Å². The van der Waals surface area contributed by atoms with Crippen LogP contribution in [0.15, 0.2) is 91.0 Å². The van der Waals surface area contributed by atoms with Crippen LogP contribution in [0, 0.1) is 13.8 Å². The molecule has 258 valence electrons. The zero-order valence-corrected chi connectivity index (χ0v) is 32.0. The Morgan fingerprint density at radius 1 is 0.708 bits per heavy atom. The third kappa shape index (κ3) is 8.84. The van der Waals surface area contributed by atoms with Crippen molar-refractivity contribution in [2.24, 2.45) is 0 Å². The van der Waals surface area contributed by atoms with Gasteiger partial charge in [0.1, 0.15) is 5.60 Å². The predicted molar refractivity (Wildman–Crippen MR) is 202 cm³/mol. The molecule has 4 heteroatoms. The van der Waals surface area contributed by atoms with Crippen molar-refractivity contribution in [3.05, 3.63) is 130 Å². The quantitative estimate of drug-likeness (QED) is 0.0519. The van der Waals surface area contributed by atoms with Crippen molar-refractivity contribution in [2.45, 2.75) is 106 Å². The second kappa shape index (κ2) is 18.2. The fraction of sp³-hybridized carbons (Fsp3) is 0.455. The number of anilines is 2. The summed E-state index contributed by atoms with van der Waals surface area (Å²) in [5.74, 6) is 0.0333. The Kier molecular flexibility index (Phi) is 13.9. The molecule has 4 aromatic carbocycles. The number of benzene rings is 4. The van der Waals surface area contributed by atoms with Gasteiger partial charge >= 0.3 is 166 Å². The topological polar surface area (TPSA) is 44.3 Å². The van der Waals surface area contributed by atoms with Gasteiger partial charge in [0.05, 0.1) is 0 Å². The van der Waals surface area contributed by atoms with Gasteiger partial charge in [-0.2, -0.15) is 0 Å². The average molecular weight is 758 g/mol. The van der Waals surface area contributed by atoms with Crippen LogP contribution in [0.5, 0.6) is 0 Å². The summed E-state index contributed by atoms with van der Waals surface area (Å²) >= 11 is 0.302. The SMILES string of the molecule is CNc1c(C)c(C)c(CCCCCCCCCCC(c2ccccc2)C(O)(Cc2ccccc2)c2ccccc2)c(C2CC[I-]2)c1NC. The third-order valence-electron chi connectivity index (χ3n) is 10.7. The van der Waals surface area contributed by atoms with Crippen LogP contribution in [0.25, 0.3) is 0 Å². The second-order valence-corrected chi connectivity index (χ2v) is 17.2. The fourth-order valence-corrected chi connectivity index (χ4v) is 10.3. The predicted octanol–water partition coefficient (Wildman–Crippen LogP) is 7.89. The summed E-state index contributed by atoms with van der Waals surface area (Å²) in [6, 6.07) is 31.6. The minimum atomic E-state index is -0.970. The molecule has 3 N–H and O–H groups in total. The number of unbranched alkanes of at least 4 members (excludes halogenated alkanes) is 7. The number of halogens is 1. The summed E-state index contributed by atoms with van der Waals surface area (Å²) < 4.78 is 2.30. The molecule has 0 aliphatic carbocycles. The van der Waals surface area contributed by atoms with Gasteiger partial charge < -0.3 is 5.11 Å². The van der Waals surface area contributed by atoms with Gasteiger partial charge in [0, 0.05) is 12.3 Å². The van der Waals surface area contributed by atoms with Crippen LogP contribution in [0.2, 0.25) is 0 Å². The van der Waals surface area contributed by atoms with Crippen molar-refractivity contribution in [1.82, 2.24) is 0 Å². The Morgan fingerprint density at radius 3 is 1.81 bits per heavy atom. The Bertz CT molecular complexity index is 1540. The van der Waals surface area contributed by atoms with Crippen LogP contribution in [0.3, 0.4) is 0 Å². The molecule has 3 nitrogen and oxygen atoms in total.